The molecule has 2 aromatic rings. The van der Waals surface area contributed by atoms with Crippen molar-refractivity contribution < 1.29 is 0 Å². The molecule has 20 heavy (non-hydrogen) atoms. The van der Waals surface area contributed by atoms with E-state index in [4.69, 9.17) is 11.6 Å². The summed E-state index contributed by atoms with van der Waals surface area (Å²) in [5, 5.41) is 6.14. The number of thiophene rings is 1. The SMILES string of the molecule is CNCc1cc(Cl)ccc1N(Cc1cccs1)C(C)C. The second-order valence-electron chi connectivity index (χ2n) is 5.10. The molecule has 0 aliphatic carbocycles. The minimum atomic E-state index is 0.439. The van der Waals surface area contributed by atoms with Crippen molar-refractivity contribution in [2.45, 2.75) is 33.0 Å². The van der Waals surface area contributed by atoms with Crippen molar-refractivity contribution in [3.05, 3.63) is 51.2 Å². The van der Waals surface area contributed by atoms with Crippen LogP contribution < -0.4 is 10.2 Å². The van der Waals surface area contributed by atoms with Crippen LogP contribution in [0.3, 0.4) is 0 Å². The molecule has 4 heteroatoms. The second-order valence-corrected chi connectivity index (χ2v) is 6.57. The fourth-order valence-corrected chi connectivity index (χ4v) is 3.18. The Balaban J connectivity index is 2.33. The van der Waals surface area contributed by atoms with Crippen molar-refractivity contribution in [1.29, 1.82) is 0 Å². The Labute approximate surface area is 130 Å². The predicted octanol–water partition coefficient (Wildman–Crippen LogP) is 4.54. The minimum Gasteiger partial charge on any atom is -0.364 e. The average Bonchev–Trinajstić information content (AvgIpc) is 2.90. The number of hydrogen-bond donors (Lipinski definition) is 1. The first-order valence-electron chi connectivity index (χ1n) is 6.84. The van der Waals surface area contributed by atoms with Crippen LogP contribution in [0.25, 0.3) is 0 Å². The van der Waals surface area contributed by atoms with Crippen LogP contribution in [0.4, 0.5) is 5.69 Å². The Hall–Kier alpha value is -1.03. The molecule has 0 amide bonds. The number of rotatable bonds is 6. The first-order valence-corrected chi connectivity index (χ1v) is 8.09. The molecule has 0 atom stereocenters. The quantitative estimate of drug-likeness (QED) is 0.843. The maximum absolute atomic E-state index is 6.14. The smallest absolute Gasteiger partial charge is 0.0525 e. The summed E-state index contributed by atoms with van der Waals surface area (Å²) in [7, 11) is 1.96. The number of hydrogen-bond acceptors (Lipinski definition) is 3. The van der Waals surface area contributed by atoms with E-state index in [2.05, 4.69) is 53.7 Å². The minimum absolute atomic E-state index is 0.439. The zero-order valence-electron chi connectivity index (χ0n) is 12.2. The monoisotopic (exact) mass is 308 g/mol. The van der Waals surface area contributed by atoms with Gasteiger partial charge in [0.05, 0.1) is 6.54 Å². The fourth-order valence-electron chi connectivity index (χ4n) is 2.28. The van der Waals surface area contributed by atoms with Gasteiger partial charge in [-0.1, -0.05) is 17.7 Å². The Kier molecular flexibility index (Phi) is 5.46. The van der Waals surface area contributed by atoms with Gasteiger partial charge in [-0.05, 0) is 56.1 Å². The van der Waals surface area contributed by atoms with Crippen LogP contribution in [-0.2, 0) is 13.1 Å². The highest BCUT2D eigenvalue weighted by atomic mass is 35.5. The van der Waals surface area contributed by atoms with Gasteiger partial charge >= 0.3 is 0 Å². The zero-order valence-corrected chi connectivity index (χ0v) is 13.8. The van der Waals surface area contributed by atoms with Gasteiger partial charge in [0.15, 0.2) is 0 Å². The third-order valence-electron chi connectivity index (χ3n) is 3.25. The summed E-state index contributed by atoms with van der Waals surface area (Å²) >= 11 is 7.94. The summed E-state index contributed by atoms with van der Waals surface area (Å²) in [4.78, 5) is 3.80. The van der Waals surface area contributed by atoms with Crippen molar-refractivity contribution in [3.63, 3.8) is 0 Å². The van der Waals surface area contributed by atoms with Gasteiger partial charge in [-0.2, -0.15) is 0 Å². The van der Waals surface area contributed by atoms with E-state index in [1.54, 1.807) is 11.3 Å². The van der Waals surface area contributed by atoms with Crippen LogP contribution >= 0.6 is 22.9 Å². The summed E-state index contributed by atoms with van der Waals surface area (Å²) in [6.07, 6.45) is 0. The molecular formula is C16H21ClN2S. The topological polar surface area (TPSA) is 15.3 Å². The normalized spacial score (nSPS) is 11.1. The lowest BCUT2D eigenvalue weighted by molar-refractivity contribution is 0.679. The molecule has 0 bridgehead atoms. The number of benzene rings is 1. The molecule has 0 aliphatic heterocycles. The van der Waals surface area contributed by atoms with Crippen LogP contribution in [0.5, 0.6) is 0 Å². The van der Waals surface area contributed by atoms with E-state index in [9.17, 15) is 0 Å². The van der Waals surface area contributed by atoms with Crippen LogP contribution in [0, 0.1) is 0 Å². The van der Waals surface area contributed by atoms with Gasteiger partial charge in [-0.25, -0.2) is 0 Å². The highest BCUT2D eigenvalue weighted by Crippen LogP contribution is 2.28. The highest BCUT2D eigenvalue weighted by Gasteiger charge is 2.15. The lowest BCUT2D eigenvalue weighted by Crippen LogP contribution is -2.31. The summed E-state index contributed by atoms with van der Waals surface area (Å²) < 4.78 is 0. The average molecular weight is 309 g/mol. The molecule has 0 radical (unpaired) electrons. The second kappa shape index (κ2) is 7.11. The van der Waals surface area contributed by atoms with Gasteiger partial charge in [0.1, 0.15) is 0 Å². The molecule has 0 spiro atoms. The van der Waals surface area contributed by atoms with E-state index in [1.807, 2.05) is 13.1 Å². The van der Waals surface area contributed by atoms with E-state index in [-0.39, 0.29) is 0 Å². The lowest BCUT2D eigenvalue weighted by Gasteiger charge is -2.31. The van der Waals surface area contributed by atoms with Crippen molar-refractivity contribution in [2.24, 2.45) is 0 Å². The van der Waals surface area contributed by atoms with E-state index in [1.165, 1.54) is 16.1 Å². The van der Waals surface area contributed by atoms with Crippen LogP contribution in [0.2, 0.25) is 5.02 Å². The van der Waals surface area contributed by atoms with Gasteiger partial charge in [-0.15, -0.1) is 11.3 Å². The molecule has 0 saturated carbocycles. The molecule has 2 nitrogen and oxygen atoms in total. The van der Waals surface area contributed by atoms with E-state index in [0.717, 1.165) is 18.1 Å². The molecule has 1 heterocycles. The van der Waals surface area contributed by atoms with Gasteiger partial charge < -0.3 is 10.2 Å². The number of nitrogens with one attached hydrogen (secondary N) is 1. The van der Waals surface area contributed by atoms with Gasteiger partial charge in [0, 0.05) is 28.2 Å². The van der Waals surface area contributed by atoms with Crippen molar-refractivity contribution in [1.82, 2.24) is 5.32 Å². The summed E-state index contributed by atoms with van der Waals surface area (Å²) in [5.41, 5.74) is 2.50. The Morgan fingerprint density at radius 2 is 2.10 bits per heavy atom. The van der Waals surface area contributed by atoms with Crippen LogP contribution in [-0.4, -0.2) is 13.1 Å². The first kappa shape index (κ1) is 15.4. The summed E-state index contributed by atoms with van der Waals surface area (Å²) in [6, 6.07) is 10.9. The molecular weight excluding hydrogens is 288 g/mol. The molecule has 108 valence electrons. The summed E-state index contributed by atoms with van der Waals surface area (Å²) in [6.45, 7) is 6.22. The van der Waals surface area contributed by atoms with Gasteiger partial charge in [0.2, 0.25) is 0 Å². The number of halogens is 1. The maximum atomic E-state index is 6.14. The van der Waals surface area contributed by atoms with Crippen molar-refractivity contribution in [3.8, 4) is 0 Å². The molecule has 0 unspecified atom stereocenters. The van der Waals surface area contributed by atoms with Crippen molar-refractivity contribution in [2.75, 3.05) is 11.9 Å². The molecule has 0 fully saturated rings. The summed E-state index contributed by atoms with van der Waals surface area (Å²) in [5.74, 6) is 0. The van der Waals surface area contributed by atoms with Gasteiger partial charge in [0.25, 0.3) is 0 Å². The molecule has 2 rings (SSSR count). The number of nitrogens with zero attached hydrogens (tertiary/aromatic N) is 1. The highest BCUT2D eigenvalue weighted by molar-refractivity contribution is 7.09. The maximum Gasteiger partial charge on any atom is 0.0525 e. The third-order valence-corrected chi connectivity index (χ3v) is 4.34. The first-order chi connectivity index (χ1) is 9.61. The van der Waals surface area contributed by atoms with Crippen LogP contribution in [0.15, 0.2) is 35.7 Å². The Bertz CT molecular complexity index is 537. The van der Waals surface area contributed by atoms with Crippen LogP contribution in [0.1, 0.15) is 24.3 Å². The molecule has 1 aromatic heterocycles. The fraction of sp³-hybridized carbons (Fsp3) is 0.375. The third kappa shape index (κ3) is 3.75. The van der Waals surface area contributed by atoms with E-state index < -0.39 is 0 Å². The molecule has 0 aliphatic rings. The van der Waals surface area contributed by atoms with Gasteiger partial charge in [-0.3, -0.25) is 0 Å². The molecule has 0 saturated heterocycles. The molecule has 1 aromatic carbocycles. The van der Waals surface area contributed by atoms with Crippen molar-refractivity contribution >= 4 is 28.6 Å². The largest absolute Gasteiger partial charge is 0.364 e. The standard InChI is InChI=1S/C16H21ClN2S/c1-12(2)19(11-15-5-4-8-20-15)16-7-6-14(17)9-13(16)10-18-3/h4-9,12,18H,10-11H2,1-3H3. The zero-order chi connectivity index (χ0) is 14.5. The predicted molar refractivity (Wildman–Crippen MR) is 89.9 cm³/mol. The molecule has 1 N–H and O–H groups in total. The lowest BCUT2D eigenvalue weighted by atomic mass is 10.1. The number of anilines is 1. The van der Waals surface area contributed by atoms with E-state index in [0.29, 0.717) is 6.04 Å². The van der Waals surface area contributed by atoms with E-state index >= 15 is 0 Å². The Morgan fingerprint density at radius 1 is 1.30 bits per heavy atom. The Morgan fingerprint density at radius 3 is 2.70 bits per heavy atom.